The van der Waals surface area contributed by atoms with Gasteiger partial charge in [-0.3, -0.25) is 0 Å². The lowest BCUT2D eigenvalue weighted by molar-refractivity contribution is 0.321. The van der Waals surface area contributed by atoms with Crippen LogP contribution in [0.25, 0.3) is 0 Å². The van der Waals surface area contributed by atoms with Gasteiger partial charge in [0.05, 0.1) is 6.61 Å². The Morgan fingerprint density at radius 3 is 2.38 bits per heavy atom. The van der Waals surface area contributed by atoms with Crippen LogP contribution >= 0.6 is 0 Å². The quantitative estimate of drug-likeness (QED) is 0.810. The SMILES string of the molecule is CCOc1ccc(NC(C)c2ccc(CC)cc2)cc1F. The summed E-state index contributed by atoms with van der Waals surface area (Å²) in [5.74, 6) is -0.0432. The average Bonchev–Trinajstić information content (AvgIpc) is 2.50. The van der Waals surface area contributed by atoms with Gasteiger partial charge in [0.25, 0.3) is 0 Å². The fourth-order valence-electron chi connectivity index (χ4n) is 2.24. The van der Waals surface area contributed by atoms with Gasteiger partial charge in [-0.25, -0.2) is 4.39 Å². The lowest BCUT2D eigenvalue weighted by Gasteiger charge is -2.17. The van der Waals surface area contributed by atoms with Crippen LogP contribution < -0.4 is 10.1 Å². The fraction of sp³-hybridized carbons (Fsp3) is 0.333. The molecule has 1 unspecified atom stereocenters. The van der Waals surface area contributed by atoms with Crippen LogP contribution in [0, 0.1) is 5.82 Å². The van der Waals surface area contributed by atoms with Gasteiger partial charge in [0.2, 0.25) is 0 Å². The number of nitrogens with one attached hydrogen (secondary N) is 1. The lowest BCUT2D eigenvalue weighted by Crippen LogP contribution is -2.07. The van der Waals surface area contributed by atoms with Crippen molar-refractivity contribution in [1.82, 2.24) is 0 Å². The van der Waals surface area contributed by atoms with E-state index >= 15 is 0 Å². The van der Waals surface area contributed by atoms with Crippen LogP contribution in [0.4, 0.5) is 10.1 Å². The van der Waals surface area contributed by atoms with E-state index in [2.05, 4.69) is 43.4 Å². The molecule has 0 aromatic heterocycles. The third-order valence-corrected chi connectivity index (χ3v) is 3.50. The van der Waals surface area contributed by atoms with Gasteiger partial charge in [0, 0.05) is 17.8 Å². The van der Waals surface area contributed by atoms with Gasteiger partial charge in [-0.15, -0.1) is 0 Å². The minimum absolute atomic E-state index is 0.119. The largest absolute Gasteiger partial charge is 0.491 e. The number of rotatable bonds is 6. The first-order chi connectivity index (χ1) is 10.1. The zero-order chi connectivity index (χ0) is 15.2. The second-order valence-corrected chi connectivity index (χ2v) is 5.04. The number of aryl methyl sites for hydroxylation is 1. The van der Waals surface area contributed by atoms with Gasteiger partial charge < -0.3 is 10.1 Å². The minimum Gasteiger partial charge on any atom is -0.491 e. The molecule has 0 heterocycles. The molecule has 2 aromatic carbocycles. The molecular formula is C18H22FNO. The second kappa shape index (κ2) is 7.11. The average molecular weight is 287 g/mol. The highest BCUT2D eigenvalue weighted by Gasteiger charge is 2.08. The maximum atomic E-state index is 13.8. The monoisotopic (exact) mass is 287 g/mol. The van der Waals surface area contributed by atoms with Crippen LogP contribution in [0.15, 0.2) is 42.5 Å². The van der Waals surface area contributed by atoms with Gasteiger partial charge >= 0.3 is 0 Å². The van der Waals surface area contributed by atoms with Crippen LogP contribution in [0.3, 0.4) is 0 Å². The van der Waals surface area contributed by atoms with Crippen molar-refractivity contribution in [3.05, 3.63) is 59.4 Å². The molecule has 21 heavy (non-hydrogen) atoms. The predicted molar refractivity (Wildman–Crippen MR) is 85.4 cm³/mol. The van der Waals surface area contributed by atoms with Crippen molar-refractivity contribution >= 4 is 5.69 Å². The summed E-state index contributed by atoms with van der Waals surface area (Å²) in [7, 11) is 0. The molecule has 0 radical (unpaired) electrons. The van der Waals surface area contributed by atoms with Crippen LogP contribution in [0.2, 0.25) is 0 Å². The molecule has 2 rings (SSSR count). The molecule has 0 aliphatic carbocycles. The Morgan fingerprint density at radius 2 is 1.81 bits per heavy atom. The number of benzene rings is 2. The first-order valence-corrected chi connectivity index (χ1v) is 7.41. The van der Waals surface area contributed by atoms with E-state index in [1.54, 1.807) is 6.07 Å². The van der Waals surface area contributed by atoms with E-state index in [9.17, 15) is 4.39 Å². The Labute approximate surface area is 126 Å². The van der Waals surface area contributed by atoms with Crippen molar-refractivity contribution < 1.29 is 9.13 Å². The first-order valence-electron chi connectivity index (χ1n) is 7.41. The molecule has 1 atom stereocenters. The predicted octanol–water partition coefficient (Wildman–Crippen LogP) is 4.96. The molecule has 0 saturated heterocycles. The summed E-state index contributed by atoms with van der Waals surface area (Å²) in [6.07, 6.45) is 1.03. The van der Waals surface area contributed by atoms with Crippen molar-refractivity contribution in [1.29, 1.82) is 0 Å². The van der Waals surface area contributed by atoms with E-state index in [0.717, 1.165) is 12.1 Å². The Kier molecular flexibility index (Phi) is 5.20. The van der Waals surface area contributed by atoms with Crippen LogP contribution in [-0.4, -0.2) is 6.61 Å². The Hall–Kier alpha value is -2.03. The van der Waals surface area contributed by atoms with Gasteiger partial charge in [0.1, 0.15) is 0 Å². The summed E-state index contributed by atoms with van der Waals surface area (Å²) in [6, 6.07) is 13.6. The molecule has 0 spiro atoms. The number of hydrogen-bond donors (Lipinski definition) is 1. The van der Waals surface area contributed by atoms with E-state index in [1.165, 1.54) is 17.2 Å². The van der Waals surface area contributed by atoms with Crippen molar-refractivity contribution in [2.75, 3.05) is 11.9 Å². The zero-order valence-electron chi connectivity index (χ0n) is 12.8. The summed E-state index contributed by atoms with van der Waals surface area (Å²) in [4.78, 5) is 0. The van der Waals surface area contributed by atoms with Gasteiger partial charge in [0.15, 0.2) is 11.6 Å². The second-order valence-electron chi connectivity index (χ2n) is 5.04. The highest BCUT2D eigenvalue weighted by molar-refractivity contribution is 5.49. The first kappa shape index (κ1) is 15.4. The molecule has 112 valence electrons. The normalized spacial score (nSPS) is 12.0. The summed E-state index contributed by atoms with van der Waals surface area (Å²) in [5, 5.41) is 3.31. The summed E-state index contributed by atoms with van der Waals surface area (Å²) >= 11 is 0. The third kappa shape index (κ3) is 3.97. The molecule has 0 amide bonds. The molecule has 1 N–H and O–H groups in total. The maximum Gasteiger partial charge on any atom is 0.167 e. The van der Waals surface area contributed by atoms with Crippen molar-refractivity contribution in [2.45, 2.75) is 33.2 Å². The van der Waals surface area contributed by atoms with Crippen molar-refractivity contribution in [3.63, 3.8) is 0 Å². The van der Waals surface area contributed by atoms with Crippen LogP contribution in [-0.2, 0) is 6.42 Å². The highest BCUT2D eigenvalue weighted by Crippen LogP contribution is 2.24. The van der Waals surface area contributed by atoms with Gasteiger partial charge in [-0.1, -0.05) is 31.2 Å². The van der Waals surface area contributed by atoms with Gasteiger partial charge in [-0.2, -0.15) is 0 Å². The highest BCUT2D eigenvalue weighted by atomic mass is 19.1. The number of hydrogen-bond acceptors (Lipinski definition) is 2. The molecular weight excluding hydrogens is 265 g/mol. The molecule has 2 nitrogen and oxygen atoms in total. The number of anilines is 1. The Bertz CT molecular complexity index is 580. The van der Waals surface area contributed by atoms with Crippen molar-refractivity contribution in [2.24, 2.45) is 0 Å². The summed E-state index contributed by atoms with van der Waals surface area (Å²) in [6.45, 7) is 6.51. The minimum atomic E-state index is -0.338. The molecule has 3 heteroatoms. The Morgan fingerprint density at radius 1 is 1.10 bits per heavy atom. The Balaban J connectivity index is 2.07. The number of ether oxygens (including phenoxy) is 1. The maximum absolute atomic E-state index is 13.8. The van der Waals surface area contributed by atoms with E-state index in [1.807, 2.05) is 13.0 Å². The summed E-state index contributed by atoms with van der Waals surface area (Å²) in [5.41, 5.74) is 3.25. The molecule has 0 bridgehead atoms. The third-order valence-electron chi connectivity index (χ3n) is 3.50. The summed E-state index contributed by atoms with van der Waals surface area (Å²) < 4.78 is 19.0. The van der Waals surface area contributed by atoms with E-state index < -0.39 is 0 Å². The lowest BCUT2D eigenvalue weighted by atomic mass is 10.0. The topological polar surface area (TPSA) is 21.3 Å². The van der Waals surface area contributed by atoms with E-state index in [4.69, 9.17) is 4.74 Å². The van der Waals surface area contributed by atoms with Crippen LogP contribution in [0.5, 0.6) is 5.75 Å². The van der Waals surface area contributed by atoms with Crippen LogP contribution in [0.1, 0.15) is 37.9 Å². The van der Waals surface area contributed by atoms with Crippen molar-refractivity contribution in [3.8, 4) is 5.75 Å². The molecule has 0 fully saturated rings. The molecule has 0 aliphatic heterocycles. The molecule has 0 saturated carbocycles. The molecule has 0 aliphatic rings. The standard InChI is InChI=1S/C18H22FNO/c1-4-14-6-8-15(9-7-14)13(3)20-16-10-11-18(21-5-2)17(19)12-16/h6-13,20H,4-5H2,1-3H3. The van der Waals surface area contributed by atoms with E-state index in [0.29, 0.717) is 12.4 Å². The molecule has 2 aromatic rings. The fourth-order valence-corrected chi connectivity index (χ4v) is 2.24. The van der Waals surface area contributed by atoms with E-state index in [-0.39, 0.29) is 11.9 Å². The zero-order valence-corrected chi connectivity index (χ0v) is 12.8. The number of halogens is 1. The smallest absolute Gasteiger partial charge is 0.167 e. The van der Waals surface area contributed by atoms with Gasteiger partial charge in [-0.05, 0) is 43.5 Å².